The molecule has 190 valence electrons. The molecule has 1 aliphatic heterocycles. The minimum atomic E-state index is 0.408. The van der Waals surface area contributed by atoms with E-state index in [1.165, 1.54) is 25.9 Å². The van der Waals surface area contributed by atoms with Crippen molar-refractivity contribution in [1.29, 1.82) is 0 Å². The van der Waals surface area contributed by atoms with Gasteiger partial charge in [0, 0.05) is 59.3 Å². The van der Waals surface area contributed by atoms with Crippen LogP contribution in [0.1, 0.15) is 44.0 Å². The van der Waals surface area contributed by atoms with Crippen LogP contribution in [0, 0.1) is 19.3 Å². The third-order valence-corrected chi connectivity index (χ3v) is 9.26. The predicted octanol–water partition coefficient (Wildman–Crippen LogP) is 6.30. The van der Waals surface area contributed by atoms with E-state index in [1.807, 2.05) is 24.1 Å². The molecule has 1 aliphatic carbocycles. The van der Waals surface area contributed by atoms with Crippen LogP contribution in [0.5, 0.6) is 0 Å². The highest BCUT2D eigenvalue weighted by molar-refractivity contribution is 6.36. The molecule has 1 N–H and O–H groups in total. The molecule has 2 aromatic carbocycles. The number of aromatic amines is 1. The molecule has 1 saturated carbocycles. The van der Waals surface area contributed by atoms with Gasteiger partial charge in [-0.05, 0) is 63.6 Å². The van der Waals surface area contributed by atoms with Gasteiger partial charge in [0.25, 0.3) is 0 Å². The van der Waals surface area contributed by atoms with E-state index in [2.05, 4.69) is 76.8 Å². The van der Waals surface area contributed by atoms with Gasteiger partial charge in [-0.15, -0.1) is 0 Å². The maximum atomic E-state index is 7.06. The third kappa shape index (κ3) is 3.33. The fourth-order valence-electron chi connectivity index (χ4n) is 6.66. The summed E-state index contributed by atoms with van der Waals surface area (Å²) in [7, 11) is 1.98. The van der Waals surface area contributed by atoms with Gasteiger partial charge in [-0.25, -0.2) is 0 Å². The number of nitrogens with one attached hydrogen (secondary N) is 1. The molecule has 2 fully saturated rings. The number of aromatic nitrogens is 6. The van der Waals surface area contributed by atoms with E-state index in [0.717, 1.165) is 60.5 Å². The van der Waals surface area contributed by atoms with Gasteiger partial charge in [0.15, 0.2) is 0 Å². The number of nitrogens with zero attached hydrogens (tertiary/aromatic N) is 6. The van der Waals surface area contributed by atoms with Gasteiger partial charge >= 0.3 is 0 Å². The van der Waals surface area contributed by atoms with Crippen molar-refractivity contribution in [3.63, 3.8) is 0 Å². The zero-order valence-corrected chi connectivity index (χ0v) is 22.8. The topological polar surface area (TPSA) is 67.6 Å². The van der Waals surface area contributed by atoms with Crippen LogP contribution >= 0.6 is 11.6 Å². The summed E-state index contributed by atoms with van der Waals surface area (Å²) in [4.78, 5) is 2.58. The summed E-state index contributed by atoms with van der Waals surface area (Å²) in [6, 6.07) is 9.59. The van der Waals surface area contributed by atoms with Gasteiger partial charge < -0.3 is 0 Å². The number of likely N-dealkylation sites (tertiary alicyclic amines) is 1. The molecule has 0 radical (unpaired) electrons. The summed E-state index contributed by atoms with van der Waals surface area (Å²) in [5.74, 6) is 0. The van der Waals surface area contributed by atoms with E-state index < -0.39 is 0 Å². The van der Waals surface area contributed by atoms with Crippen molar-refractivity contribution < 1.29 is 0 Å². The Hall–Kier alpha value is -3.16. The average Bonchev–Trinajstić information content (AvgIpc) is 3.51. The molecule has 1 saturated heterocycles. The van der Waals surface area contributed by atoms with Crippen molar-refractivity contribution in [2.24, 2.45) is 12.5 Å². The van der Waals surface area contributed by atoms with Crippen molar-refractivity contribution in [2.45, 2.75) is 52.6 Å². The number of hydrogen-bond donors (Lipinski definition) is 1. The highest BCUT2D eigenvalue weighted by atomic mass is 35.5. The SMILES string of the molecule is Cc1cc2[nH]ncc2c(-c2c(-c3ccc4cnn(C)c4c3)nn(C3CC4(C3)CN(C(C)C)C4)c2C)c1Cl. The van der Waals surface area contributed by atoms with Crippen LogP contribution in [0.4, 0.5) is 0 Å². The van der Waals surface area contributed by atoms with Gasteiger partial charge in [-0.3, -0.25) is 19.4 Å². The lowest BCUT2D eigenvalue weighted by Crippen LogP contribution is -2.64. The van der Waals surface area contributed by atoms with Gasteiger partial charge in [0.1, 0.15) is 5.69 Å². The van der Waals surface area contributed by atoms with E-state index in [0.29, 0.717) is 17.5 Å². The monoisotopic (exact) mass is 513 g/mol. The maximum absolute atomic E-state index is 7.06. The van der Waals surface area contributed by atoms with E-state index in [-0.39, 0.29) is 0 Å². The van der Waals surface area contributed by atoms with Crippen LogP contribution < -0.4 is 0 Å². The number of fused-ring (bicyclic) bond motifs is 2. The highest BCUT2D eigenvalue weighted by Gasteiger charge is 2.53. The molecule has 0 atom stereocenters. The average molecular weight is 514 g/mol. The summed E-state index contributed by atoms with van der Waals surface area (Å²) in [6.07, 6.45) is 6.15. The van der Waals surface area contributed by atoms with E-state index in [4.69, 9.17) is 16.7 Å². The van der Waals surface area contributed by atoms with Crippen LogP contribution in [-0.2, 0) is 7.05 Å². The number of hydrogen-bond acceptors (Lipinski definition) is 4. The zero-order chi connectivity index (χ0) is 25.6. The second-order valence-corrected chi connectivity index (χ2v) is 11.9. The lowest BCUT2D eigenvalue weighted by molar-refractivity contribution is -0.105. The molecule has 8 heteroatoms. The van der Waals surface area contributed by atoms with Gasteiger partial charge in [0.05, 0.1) is 34.5 Å². The molecule has 7 rings (SSSR count). The fourth-order valence-corrected chi connectivity index (χ4v) is 6.91. The first-order chi connectivity index (χ1) is 17.7. The quantitative estimate of drug-likeness (QED) is 0.306. The van der Waals surface area contributed by atoms with Crippen molar-refractivity contribution in [3.8, 4) is 22.4 Å². The Labute approximate surface area is 221 Å². The second-order valence-electron chi connectivity index (χ2n) is 11.6. The summed E-state index contributed by atoms with van der Waals surface area (Å²) < 4.78 is 4.20. The first-order valence-corrected chi connectivity index (χ1v) is 13.5. The number of rotatable bonds is 4. The summed E-state index contributed by atoms with van der Waals surface area (Å²) in [5.41, 5.74) is 8.88. The Morgan fingerprint density at radius 3 is 2.62 bits per heavy atom. The van der Waals surface area contributed by atoms with Crippen LogP contribution in [0.2, 0.25) is 5.02 Å². The zero-order valence-electron chi connectivity index (χ0n) is 22.0. The number of aryl methyl sites for hydroxylation is 2. The molecule has 4 heterocycles. The minimum absolute atomic E-state index is 0.408. The van der Waals surface area contributed by atoms with E-state index >= 15 is 0 Å². The van der Waals surface area contributed by atoms with Crippen molar-refractivity contribution in [1.82, 2.24) is 34.7 Å². The fraction of sp³-hybridized carbons (Fsp3) is 0.414. The minimum Gasteiger partial charge on any atom is -0.300 e. The Bertz CT molecular complexity index is 1670. The molecular formula is C29H32ClN7. The van der Waals surface area contributed by atoms with Crippen LogP contribution in [0.25, 0.3) is 44.2 Å². The van der Waals surface area contributed by atoms with Gasteiger partial charge in [-0.2, -0.15) is 15.3 Å². The van der Waals surface area contributed by atoms with Crippen molar-refractivity contribution >= 4 is 33.4 Å². The predicted molar refractivity (Wildman–Crippen MR) is 149 cm³/mol. The molecule has 5 aromatic rings. The van der Waals surface area contributed by atoms with Gasteiger partial charge in [0.2, 0.25) is 0 Å². The molecule has 7 nitrogen and oxygen atoms in total. The van der Waals surface area contributed by atoms with E-state index in [9.17, 15) is 0 Å². The molecule has 0 bridgehead atoms. The first-order valence-electron chi connectivity index (χ1n) is 13.1. The second kappa shape index (κ2) is 7.92. The number of halogens is 1. The molecular weight excluding hydrogens is 482 g/mol. The van der Waals surface area contributed by atoms with E-state index in [1.54, 1.807) is 0 Å². The molecule has 0 amide bonds. The molecule has 1 spiro atoms. The molecule has 37 heavy (non-hydrogen) atoms. The first kappa shape index (κ1) is 23.0. The molecule has 2 aliphatic rings. The molecule has 0 unspecified atom stereocenters. The van der Waals surface area contributed by atoms with Crippen molar-refractivity contribution in [3.05, 3.63) is 52.9 Å². The normalized spacial score (nSPS) is 17.8. The maximum Gasteiger partial charge on any atom is 0.101 e. The summed E-state index contributed by atoms with van der Waals surface area (Å²) >= 11 is 7.06. The number of H-pyrrole nitrogens is 1. The standard InChI is InChI=1S/C29H32ClN7/c1-16(2)36-14-29(15-36)10-21(11-29)37-18(4)25(26-22-13-31-33-23(22)8-17(3)27(26)30)28(34-37)19-6-7-20-12-32-35(5)24(20)9-19/h6-9,12-13,16,21H,10-11,14-15H2,1-5H3,(H,31,33). The Morgan fingerprint density at radius 2 is 1.86 bits per heavy atom. The van der Waals surface area contributed by atoms with Gasteiger partial charge in [-0.1, -0.05) is 23.7 Å². The molecule has 3 aromatic heterocycles. The third-order valence-electron chi connectivity index (χ3n) is 8.78. The smallest absolute Gasteiger partial charge is 0.101 e. The Balaban J connectivity index is 1.39. The highest BCUT2D eigenvalue weighted by Crippen LogP contribution is 2.55. The summed E-state index contributed by atoms with van der Waals surface area (Å²) in [5, 5.41) is 20.2. The van der Waals surface area contributed by atoms with Crippen LogP contribution in [0.3, 0.4) is 0 Å². The van der Waals surface area contributed by atoms with Crippen LogP contribution in [0.15, 0.2) is 36.7 Å². The lowest BCUT2D eigenvalue weighted by Gasteiger charge is -2.60. The number of benzene rings is 2. The Morgan fingerprint density at radius 1 is 1.08 bits per heavy atom. The lowest BCUT2D eigenvalue weighted by atomic mass is 9.60. The Kier molecular flexibility index (Phi) is 4.92. The summed E-state index contributed by atoms with van der Waals surface area (Å²) in [6.45, 7) is 11.3. The van der Waals surface area contributed by atoms with Crippen LogP contribution in [-0.4, -0.2) is 53.8 Å². The largest absolute Gasteiger partial charge is 0.300 e. The van der Waals surface area contributed by atoms with Crippen molar-refractivity contribution in [2.75, 3.05) is 13.1 Å².